The molecule has 0 spiro atoms. The van der Waals surface area contributed by atoms with Crippen molar-refractivity contribution in [1.82, 2.24) is 10.2 Å². The standard InChI is InChI=1S/C15H28N2O3/c1-15(2,3)20-14(18)17-12-5-6-13(17)11(9-12)10-16-7-8-19-4/h11-13,16H,5-10H2,1-4H3. The summed E-state index contributed by atoms with van der Waals surface area (Å²) in [6.07, 6.45) is 3.20. The van der Waals surface area contributed by atoms with Crippen LogP contribution < -0.4 is 5.32 Å². The molecule has 2 fully saturated rings. The monoisotopic (exact) mass is 284 g/mol. The molecular formula is C15H28N2O3. The average Bonchev–Trinajstić information content (AvgIpc) is 2.89. The fourth-order valence-electron chi connectivity index (χ4n) is 3.39. The van der Waals surface area contributed by atoms with E-state index in [2.05, 4.69) is 5.32 Å². The Kier molecular flexibility index (Phi) is 4.91. The summed E-state index contributed by atoms with van der Waals surface area (Å²) in [6, 6.07) is 0.731. The van der Waals surface area contributed by atoms with Gasteiger partial charge in [-0.15, -0.1) is 0 Å². The molecule has 2 saturated heterocycles. The lowest BCUT2D eigenvalue weighted by molar-refractivity contribution is 0.0205. The van der Waals surface area contributed by atoms with Crippen LogP contribution in [0, 0.1) is 5.92 Å². The van der Waals surface area contributed by atoms with Gasteiger partial charge in [0.05, 0.1) is 6.61 Å². The van der Waals surface area contributed by atoms with Crippen molar-refractivity contribution < 1.29 is 14.3 Å². The molecule has 1 amide bonds. The summed E-state index contributed by atoms with van der Waals surface area (Å²) in [4.78, 5) is 14.3. The minimum atomic E-state index is -0.411. The van der Waals surface area contributed by atoms with Crippen molar-refractivity contribution >= 4 is 6.09 Å². The van der Waals surface area contributed by atoms with Crippen LogP contribution in [0.15, 0.2) is 0 Å². The largest absolute Gasteiger partial charge is 0.444 e. The molecule has 5 nitrogen and oxygen atoms in total. The Bertz CT molecular complexity index is 341. The Morgan fingerprint density at radius 3 is 2.75 bits per heavy atom. The first-order chi connectivity index (χ1) is 9.42. The smallest absolute Gasteiger partial charge is 0.410 e. The Morgan fingerprint density at radius 2 is 2.10 bits per heavy atom. The molecule has 0 radical (unpaired) electrons. The molecule has 1 N–H and O–H groups in total. The number of fused-ring (bicyclic) bond motifs is 2. The number of carbonyl (C=O) groups is 1. The third kappa shape index (κ3) is 3.64. The molecule has 0 aromatic heterocycles. The molecule has 3 atom stereocenters. The Labute approximate surface area is 122 Å². The van der Waals surface area contributed by atoms with Crippen LogP contribution in [0.5, 0.6) is 0 Å². The second-order valence-corrected chi connectivity index (χ2v) is 6.88. The predicted molar refractivity (Wildman–Crippen MR) is 77.7 cm³/mol. The fourth-order valence-corrected chi connectivity index (χ4v) is 3.39. The lowest BCUT2D eigenvalue weighted by Crippen LogP contribution is -2.41. The molecule has 0 aromatic carbocycles. The minimum absolute atomic E-state index is 0.135. The van der Waals surface area contributed by atoms with Gasteiger partial charge in [-0.1, -0.05) is 0 Å². The zero-order valence-corrected chi connectivity index (χ0v) is 13.1. The maximum absolute atomic E-state index is 12.3. The molecule has 0 aliphatic carbocycles. The van der Waals surface area contributed by atoms with Gasteiger partial charge >= 0.3 is 6.09 Å². The Hall–Kier alpha value is -0.810. The molecule has 0 saturated carbocycles. The van der Waals surface area contributed by atoms with Crippen LogP contribution in [-0.4, -0.2) is 55.5 Å². The van der Waals surface area contributed by atoms with Crippen LogP contribution in [0.2, 0.25) is 0 Å². The number of nitrogens with zero attached hydrogens (tertiary/aromatic N) is 1. The van der Waals surface area contributed by atoms with Crippen molar-refractivity contribution in [3.05, 3.63) is 0 Å². The number of amides is 1. The van der Waals surface area contributed by atoms with Crippen LogP contribution in [0.25, 0.3) is 0 Å². The van der Waals surface area contributed by atoms with Crippen molar-refractivity contribution in [3.8, 4) is 0 Å². The van der Waals surface area contributed by atoms with Gasteiger partial charge in [-0.25, -0.2) is 4.79 Å². The highest BCUT2D eigenvalue weighted by atomic mass is 16.6. The summed E-state index contributed by atoms with van der Waals surface area (Å²) in [5.41, 5.74) is -0.411. The van der Waals surface area contributed by atoms with Crippen molar-refractivity contribution in [1.29, 1.82) is 0 Å². The first-order valence-electron chi connectivity index (χ1n) is 7.63. The van der Waals surface area contributed by atoms with Gasteiger partial charge in [-0.05, 0) is 46.0 Å². The lowest BCUT2D eigenvalue weighted by atomic mass is 9.89. The zero-order chi connectivity index (χ0) is 14.8. The van der Waals surface area contributed by atoms with Crippen LogP contribution in [0.3, 0.4) is 0 Å². The molecule has 0 aromatic rings. The second kappa shape index (κ2) is 6.31. The van der Waals surface area contributed by atoms with Crippen molar-refractivity contribution in [3.63, 3.8) is 0 Å². The third-order valence-corrected chi connectivity index (χ3v) is 4.16. The summed E-state index contributed by atoms with van der Waals surface area (Å²) < 4.78 is 10.6. The Balaban J connectivity index is 1.85. The first-order valence-corrected chi connectivity index (χ1v) is 7.63. The van der Waals surface area contributed by atoms with Crippen LogP contribution in [-0.2, 0) is 9.47 Å². The van der Waals surface area contributed by atoms with E-state index in [0.717, 1.165) is 39.0 Å². The normalized spacial score (nSPS) is 29.0. The Morgan fingerprint density at radius 1 is 1.35 bits per heavy atom. The van der Waals surface area contributed by atoms with Crippen molar-refractivity contribution in [2.75, 3.05) is 26.8 Å². The molecule has 2 bridgehead atoms. The van der Waals surface area contributed by atoms with E-state index in [-0.39, 0.29) is 6.09 Å². The van der Waals surface area contributed by atoms with Gasteiger partial charge < -0.3 is 19.7 Å². The molecule has 5 heteroatoms. The fraction of sp³-hybridized carbons (Fsp3) is 0.933. The van der Waals surface area contributed by atoms with Gasteiger partial charge in [0.1, 0.15) is 5.60 Å². The summed E-state index contributed by atoms with van der Waals surface area (Å²) in [6.45, 7) is 8.34. The highest BCUT2D eigenvalue weighted by Gasteiger charge is 2.49. The summed E-state index contributed by atoms with van der Waals surface area (Å²) in [7, 11) is 1.71. The zero-order valence-electron chi connectivity index (χ0n) is 13.1. The van der Waals surface area contributed by atoms with Gasteiger partial charge in [-0.3, -0.25) is 0 Å². The topological polar surface area (TPSA) is 50.8 Å². The van der Waals surface area contributed by atoms with E-state index >= 15 is 0 Å². The minimum Gasteiger partial charge on any atom is -0.444 e. The number of rotatable bonds is 5. The quantitative estimate of drug-likeness (QED) is 0.785. The van der Waals surface area contributed by atoms with Crippen LogP contribution >= 0.6 is 0 Å². The molecule has 3 unspecified atom stereocenters. The number of ether oxygens (including phenoxy) is 2. The number of hydrogen-bond acceptors (Lipinski definition) is 4. The summed E-state index contributed by atoms with van der Waals surface area (Å²) in [5.74, 6) is 0.554. The van der Waals surface area contributed by atoms with Crippen molar-refractivity contribution in [2.24, 2.45) is 5.92 Å². The summed E-state index contributed by atoms with van der Waals surface area (Å²) >= 11 is 0. The van der Waals surface area contributed by atoms with Gasteiger partial charge in [0.2, 0.25) is 0 Å². The van der Waals surface area contributed by atoms with Gasteiger partial charge in [0.25, 0.3) is 0 Å². The number of nitrogens with one attached hydrogen (secondary N) is 1. The second-order valence-electron chi connectivity index (χ2n) is 6.88. The van der Waals surface area contributed by atoms with Gasteiger partial charge in [-0.2, -0.15) is 0 Å². The average molecular weight is 284 g/mol. The van der Waals surface area contributed by atoms with Gasteiger partial charge in [0, 0.05) is 32.3 Å². The number of carbonyl (C=O) groups excluding carboxylic acids is 1. The van der Waals surface area contributed by atoms with E-state index in [1.165, 1.54) is 0 Å². The first kappa shape index (κ1) is 15.6. The highest BCUT2D eigenvalue weighted by molar-refractivity contribution is 5.70. The third-order valence-electron chi connectivity index (χ3n) is 4.16. The van der Waals surface area contributed by atoms with Crippen molar-refractivity contribution in [2.45, 2.75) is 57.7 Å². The molecular weight excluding hydrogens is 256 g/mol. The SMILES string of the molecule is COCCNCC1CC2CCC1N2C(=O)OC(C)(C)C. The molecule has 20 heavy (non-hydrogen) atoms. The molecule has 2 aliphatic rings. The highest BCUT2D eigenvalue weighted by Crippen LogP contribution is 2.42. The van der Waals surface area contributed by atoms with E-state index in [4.69, 9.17) is 9.47 Å². The molecule has 2 rings (SSSR count). The lowest BCUT2D eigenvalue weighted by Gasteiger charge is -2.28. The predicted octanol–water partition coefficient (Wildman–Crippen LogP) is 2.01. The van der Waals surface area contributed by atoms with Crippen LogP contribution in [0.1, 0.15) is 40.0 Å². The van der Waals surface area contributed by atoms with E-state index in [1.54, 1.807) is 7.11 Å². The van der Waals surface area contributed by atoms with E-state index in [0.29, 0.717) is 18.0 Å². The van der Waals surface area contributed by atoms with E-state index in [1.807, 2.05) is 25.7 Å². The maximum atomic E-state index is 12.3. The maximum Gasteiger partial charge on any atom is 0.410 e. The number of hydrogen-bond donors (Lipinski definition) is 1. The van der Waals surface area contributed by atoms with E-state index < -0.39 is 5.60 Å². The molecule has 2 heterocycles. The molecule has 2 aliphatic heterocycles. The van der Waals surface area contributed by atoms with E-state index in [9.17, 15) is 4.79 Å². The number of methoxy groups -OCH3 is 1. The summed E-state index contributed by atoms with van der Waals surface area (Å²) in [5, 5.41) is 3.42. The van der Waals surface area contributed by atoms with Gasteiger partial charge in [0.15, 0.2) is 0 Å². The van der Waals surface area contributed by atoms with Crippen LogP contribution in [0.4, 0.5) is 4.79 Å². The molecule has 116 valence electrons.